The van der Waals surface area contributed by atoms with Crippen molar-refractivity contribution in [3.8, 4) is 5.69 Å². The predicted octanol–water partition coefficient (Wildman–Crippen LogP) is 3.77. The number of halogens is 1. The van der Waals surface area contributed by atoms with Gasteiger partial charge in [-0.1, -0.05) is 18.2 Å². The minimum Gasteiger partial charge on any atom is -0.347 e. The van der Waals surface area contributed by atoms with Gasteiger partial charge in [-0.15, -0.1) is 0 Å². The summed E-state index contributed by atoms with van der Waals surface area (Å²) in [5.74, 6) is -1.11. The lowest BCUT2D eigenvalue weighted by molar-refractivity contribution is -0.159. The van der Waals surface area contributed by atoms with Crippen molar-refractivity contribution in [2.45, 2.75) is 39.9 Å². The van der Waals surface area contributed by atoms with Gasteiger partial charge < -0.3 is 14.0 Å². The van der Waals surface area contributed by atoms with Crippen molar-refractivity contribution < 1.29 is 14.3 Å². The molecule has 27 heavy (non-hydrogen) atoms. The lowest BCUT2D eigenvalue weighted by atomic mass is 10.2. The molecule has 1 aromatic carbocycles. The summed E-state index contributed by atoms with van der Waals surface area (Å²) in [4.78, 5) is 12.1. The quantitative estimate of drug-likeness (QED) is 0.576. The van der Waals surface area contributed by atoms with Gasteiger partial charge in [0, 0.05) is 27.1 Å². The lowest BCUT2D eigenvalue weighted by Gasteiger charge is -2.20. The van der Waals surface area contributed by atoms with Crippen molar-refractivity contribution in [1.82, 2.24) is 9.99 Å². The second kappa shape index (κ2) is 7.96. The highest BCUT2D eigenvalue weighted by Gasteiger charge is 2.33. The summed E-state index contributed by atoms with van der Waals surface area (Å²) < 4.78 is 14.0. The molecule has 7 heteroatoms. The molecule has 1 aliphatic rings. The van der Waals surface area contributed by atoms with E-state index in [1.807, 2.05) is 19.1 Å². The molecule has 0 atom stereocenters. The van der Waals surface area contributed by atoms with Crippen LogP contribution in [0.15, 0.2) is 33.8 Å². The Labute approximate surface area is 167 Å². The molecular formula is C20H24BrN3O3. The molecule has 0 bridgehead atoms. The Morgan fingerprint density at radius 2 is 1.93 bits per heavy atom. The molecule has 1 aromatic heterocycles. The number of nitrogens with zero attached hydrogens (tertiary/aromatic N) is 2. The number of benzene rings is 1. The summed E-state index contributed by atoms with van der Waals surface area (Å²) in [6.07, 6.45) is 1.77. The van der Waals surface area contributed by atoms with Crippen molar-refractivity contribution >= 4 is 28.1 Å². The summed E-state index contributed by atoms with van der Waals surface area (Å²) in [6.45, 7) is 8.94. The largest absolute Gasteiger partial charge is 0.347 e. The molecule has 0 spiro atoms. The van der Waals surface area contributed by atoms with E-state index in [4.69, 9.17) is 9.47 Å². The number of hydrazone groups is 1. The third-order valence-corrected chi connectivity index (χ3v) is 5.73. The minimum atomic E-state index is -0.860. The first kappa shape index (κ1) is 19.8. The van der Waals surface area contributed by atoms with Crippen LogP contribution in [0.5, 0.6) is 0 Å². The van der Waals surface area contributed by atoms with Crippen molar-refractivity contribution in [3.63, 3.8) is 0 Å². The van der Waals surface area contributed by atoms with Crippen LogP contribution in [0.3, 0.4) is 0 Å². The van der Waals surface area contributed by atoms with Gasteiger partial charge in [-0.25, -0.2) is 5.43 Å². The Bertz CT molecular complexity index is 883. The fraction of sp³-hybridized carbons (Fsp3) is 0.400. The van der Waals surface area contributed by atoms with Gasteiger partial charge in [0.25, 0.3) is 0 Å². The predicted molar refractivity (Wildman–Crippen MR) is 108 cm³/mol. The molecule has 0 unspecified atom stereocenters. The molecule has 1 N–H and O–H groups in total. The zero-order chi connectivity index (χ0) is 19.6. The Morgan fingerprint density at radius 3 is 2.59 bits per heavy atom. The van der Waals surface area contributed by atoms with Crippen molar-refractivity contribution in [3.05, 3.63) is 51.3 Å². The average Bonchev–Trinajstić information content (AvgIpc) is 3.13. The summed E-state index contributed by atoms with van der Waals surface area (Å²) >= 11 is 3.66. The molecule has 2 heterocycles. The fourth-order valence-corrected chi connectivity index (χ4v) is 3.88. The zero-order valence-electron chi connectivity index (χ0n) is 16.0. The van der Waals surface area contributed by atoms with Crippen molar-refractivity contribution in [2.75, 3.05) is 13.2 Å². The van der Waals surface area contributed by atoms with E-state index in [2.05, 4.69) is 57.0 Å². The first-order valence-corrected chi connectivity index (χ1v) is 9.65. The van der Waals surface area contributed by atoms with Crippen LogP contribution >= 0.6 is 15.9 Å². The van der Waals surface area contributed by atoms with E-state index in [0.717, 1.165) is 27.1 Å². The number of ether oxygens (including phenoxy) is 2. The van der Waals surface area contributed by atoms with Crippen LogP contribution < -0.4 is 5.43 Å². The van der Waals surface area contributed by atoms with Crippen LogP contribution in [0.25, 0.3) is 5.69 Å². The molecule has 6 nitrogen and oxygen atoms in total. The van der Waals surface area contributed by atoms with Gasteiger partial charge in [-0.3, -0.25) is 4.79 Å². The number of nitrogens with one attached hydrogen (secondary N) is 1. The molecular weight excluding hydrogens is 410 g/mol. The lowest BCUT2D eigenvalue weighted by Crippen LogP contribution is -2.33. The van der Waals surface area contributed by atoms with Crippen LogP contribution in [-0.2, 0) is 14.3 Å². The van der Waals surface area contributed by atoms with Gasteiger partial charge in [0.15, 0.2) is 5.79 Å². The Morgan fingerprint density at radius 1 is 1.26 bits per heavy atom. The molecule has 1 amide bonds. The van der Waals surface area contributed by atoms with Gasteiger partial charge in [0.2, 0.25) is 5.91 Å². The maximum atomic E-state index is 12.1. The van der Waals surface area contributed by atoms with Crippen LogP contribution in [0.4, 0.5) is 0 Å². The summed E-state index contributed by atoms with van der Waals surface area (Å²) in [5, 5.41) is 4.13. The first-order chi connectivity index (χ1) is 12.8. The zero-order valence-corrected chi connectivity index (χ0v) is 17.6. The number of aryl methyl sites for hydroxylation is 1. The standard InChI is InChI=1S/C20H24BrN3O3/c1-13-7-5-6-8-17(13)24-14(2)16(19(21)15(24)3)12-22-23-18(25)11-20(4)26-9-10-27-20/h5-8,12H,9-11H2,1-4H3,(H,23,25)/b22-12+. The number of carbonyl (C=O) groups is 1. The Balaban J connectivity index is 1.77. The highest BCUT2D eigenvalue weighted by Crippen LogP contribution is 2.30. The van der Waals surface area contributed by atoms with Gasteiger partial charge >= 0.3 is 0 Å². The van der Waals surface area contributed by atoms with E-state index >= 15 is 0 Å². The molecule has 3 rings (SSSR count). The number of hydrogen-bond acceptors (Lipinski definition) is 4. The highest BCUT2D eigenvalue weighted by molar-refractivity contribution is 9.10. The number of para-hydroxylation sites is 1. The second-order valence-electron chi connectivity index (χ2n) is 6.82. The van der Waals surface area contributed by atoms with Gasteiger partial charge in [-0.2, -0.15) is 5.10 Å². The maximum absolute atomic E-state index is 12.1. The first-order valence-electron chi connectivity index (χ1n) is 8.85. The molecule has 0 saturated carbocycles. The summed E-state index contributed by atoms with van der Waals surface area (Å²) in [5.41, 5.74) is 7.92. The minimum absolute atomic E-state index is 0.105. The third-order valence-electron chi connectivity index (χ3n) is 4.73. The summed E-state index contributed by atoms with van der Waals surface area (Å²) in [6, 6.07) is 8.23. The van der Waals surface area contributed by atoms with E-state index in [-0.39, 0.29) is 12.3 Å². The van der Waals surface area contributed by atoms with Gasteiger partial charge in [0.1, 0.15) is 0 Å². The molecule has 1 aliphatic heterocycles. The van der Waals surface area contributed by atoms with E-state index in [1.165, 1.54) is 5.56 Å². The smallest absolute Gasteiger partial charge is 0.245 e. The Hall–Kier alpha value is -1.96. The molecule has 1 fully saturated rings. The molecule has 0 radical (unpaired) electrons. The number of aromatic nitrogens is 1. The van der Waals surface area contributed by atoms with Crippen molar-refractivity contribution in [2.24, 2.45) is 5.10 Å². The molecule has 1 saturated heterocycles. The highest BCUT2D eigenvalue weighted by atomic mass is 79.9. The van der Waals surface area contributed by atoms with Crippen molar-refractivity contribution in [1.29, 1.82) is 0 Å². The van der Waals surface area contributed by atoms with E-state index in [1.54, 1.807) is 13.1 Å². The third kappa shape index (κ3) is 4.15. The molecule has 0 aliphatic carbocycles. The number of amides is 1. The van der Waals surface area contributed by atoms with Crippen LogP contribution in [0.1, 0.15) is 35.9 Å². The topological polar surface area (TPSA) is 64.9 Å². The summed E-state index contributed by atoms with van der Waals surface area (Å²) in [7, 11) is 0. The molecule has 2 aromatic rings. The van der Waals surface area contributed by atoms with Crippen LogP contribution in [0.2, 0.25) is 0 Å². The van der Waals surface area contributed by atoms with E-state index < -0.39 is 5.79 Å². The van der Waals surface area contributed by atoms with E-state index in [9.17, 15) is 4.79 Å². The molecule has 144 valence electrons. The Kier molecular flexibility index (Phi) is 5.83. The monoisotopic (exact) mass is 433 g/mol. The van der Waals surface area contributed by atoms with E-state index in [0.29, 0.717) is 13.2 Å². The fourth-order valence-electron chi connectivity index (χ4n) is 3.31. The second-order valence-corrected chi connectivity index (χ2v) is 7.61. The van der Waals surface area contributed by atoms with Crippen LogP contribution in [-0.4, -0.2) is 35.7 Å². The number of carbonyl (C=O) groups excluding carboxylic acids is 1. The van der Waals surface area contributed by atoms with Crippen LogP contribution in [0, 0.1) is 20.8 Å². The number of rotatable bonds is 5. The maximum Gasteiger partial charge on any atom is 0.245 e. The van der Waals surface area contributed by atoms with Gasteiger partial charge in [-0.05, 0) is 55.3 Å². The number of hydrogen-bond donors (Lipinski definition) is 1. The average molecular weight is 434 g/mol. The normalized spacial score (nSPS) is 16.2. The SMILES string of the molecule is Cc1ccccc1-n1c(C)c(Br)c(/C=N/NC(=O)CC2(C)OCCO2)c1C. The van der Waals surface area contributed by atoms with Gasteiger partial charge in [0.05, 0.1) is 25.8 Å².